The van der Waals surface area contributed by atoms with Crippen molar-refractivity contribution >= 4 is 39.9 Å². The number of para-hydroxylation sites is 1. The Morgan fingerprint density at radius 1 is 1.31 bits per heavy atom. The van der Waals surface area contributed by atoms with E-state index >= 15 is 0 Å². The van der Waals surface area contributed by atoms with Crippen LogP contribution < -0.4 is 15.9 Å². The molecule has 1 N–H and O–H groups in total. The molecular weight excluding hydrogens is 364 g/mol. The Hall–Kier alpha value is -2.12. The lowest BCUT2D eigenvalue weighted by atomic mass is 10.1. The summed E-state index contributed by atoms with van der Waals surface area (Å²) in [6.45, 7) is 4.23. The fourth-order valence-corrected chi connectivity index (χ4v) is 4.91. The van der Waals surface area contributed by atoms with Gasteiger partial charge in [-0.3, -0.25) is 15.1 Å². The molecule has 0 unspecified atom stereocenters. The van der Waals surface area contributed by atoms with Gasteiger partial charge in [0.25, 0.3) is 5.91 Å². The molecular formula is C19H20N4OS2. The Morgan fingerprint density at radius 2 is 2.15 bits per heavy atom. The Balaban J connectivity index is 1.84. The number of carbonyl (C=O) groups is 1. The zero-order chi connectivity index (χ0) is 18.1. The van der Waals surface area contributed by atoms with Gasteiger partial charge >= 0.3 is 0 Å². The highest BCUT2D eigenvalue weighted by Crippen LogP contribution is 2.35. The average molecular weight is 385 g/mol. The summed E-state index contributed by atoms with van der Waals surface area (Å²) in [5, 5.41) is 13.9. The molecule has 134 valence electrons. The van der Waals surface area contributed by atoms with E-state index in [0.717, 1.165) is 34.0 Å². The highest BCUT2D eigenvalue weighted by molar-refractivity contribution is 8.13. The van der Waals surface area contributed by atoms with Crippen molar-refractivity contribution in [3.05, 3.63) is 56.7 Å². The van der Waals surface area contributed by atoms with Crippen LogP contribution in [0.2, 0.25) is 0 Å². The molecule has 2 aromatic rings. The van der Waals surface area contributed by atoms with Crippen molar-refractivity contribution in [3.63, 3.8) is 0 Å². The number of amides is 1. The van der Waals surface area contributed by atoms with Crippen LogP contribution in [0.25, 0.3) is 5.70 Å². The minimum atomic E-state index is -0.298. The van der Waals surface area contributed by atoms with Gasteiger partial charge in [-0.15, -0.1) is 16.4 Å². The molecule has 0 radical (unpaired) electrons. The summed E-state index contributed by atoms with van der Waals surface area (Å²) < 4.78 is 0. The lowest BCUT2D eigenvalue weighted by Crippen LogP contribution is -2.50. The molecule has 0 spiro atoms. The van der Waals surface area contributed by atoms with Gasteiger partial charge in [-0.1, -0.05) is 43.3 Å². The summed E-state index contributed by atoms with van der Waals surface area (Å²) in [6.07, 6.45) is 1.92. The van der Waals surface area contributed by atoms with E-state index in [9.17, 15) is 4.79 Å². The molecule has 4 rings (SSSR count). The molecule has 0 saturated carbocycles. The molecule has 1 aromatic carbocycles. The molecule has 2 aliphatic rings. The Bertz CT molecular complexity index is 995. The molecule has 1 aromatic heterocycles. The summed E-state index contributed by atoms with van der Waals surface area (Å²) in [5.41, 5.74) is 1.75. The minimum absolute atomic E-state index is 0.111. The van der Waals surface area contributed by atoms with Gasteiger partial charge in [0.15, 0.2) is 11.3 Å². The maximum absolute atomic E-state index is 12.9. The zero-order valence-electron chi connectivity index (χ0n) is 14.7. The van der Waals surface area contributed by atoms with Crippen molar-refractivity contribution in [2.75, 3.05) is 5.75 Å². The number of hydrazone groups is 1. The number of hydrogen-bond acceptors (Lipinski definition) is 6. The number of carbonyl (C=O) groups excluding carboxylic acids is 1. The molecule has 5 nitrogen and oxygen atoms in total. The maximum atomic E-state index is 12.9. The molecule has 3 heterocycles. The summed E-state index contributed by atoms with van der Waals surface area (Å²) in [6, 6.07) is 9.85. The zero-order valence-corrected chi connectivity index (χ0v) is 16.4. The Labute approximate surface area is 160 Å². The van der Waals surface area contributed by atoms with Crippen molar-refractivity contribution in [1.82, 2.24) is 10.3 Å². The number of hydrogen-bond donors (Lipinski definition) is 1. The van der Waals surface area contributed by atoms with E-state index in [1.807, 2.05) is 24.3 Å². The van der Waals surface area contributed by atoms with Gasteiger partial charge < -0.3 is 0 Å². The summed E-state index contributed by atoms with van der Waals surface area (Å²) in [7, 11) is 0. The predicted molar refractivity (Wildman–Crippen MR) is 107 cm³/mol. The standard InChI is InChI=1S/C19H20N4OS2/c1-3-4-10-26-19-21-18(24)15-13-7-5-6-8-14(13)20-17(23(15)22-19)16-12(2)9-11-25-16/h5-9,11,17H,3-4,10H2,1-2H3,(H,21,22,24)/t17-/m1/s1. The smallest absolute Gasteiger partial charge is 0.276 e. The fourth-order valence-electron chi connectivity index (χ4n) is 3.03. The summed E-state index contributed by atoms with van der Waals surface area (Å²) in [5.74, 6) is 0.829. The monoisotopic (exact) mass is 384 g/mol. The molecule has 0 bridgehead atoms. The van der Waals surface area contributed by atoms with Gasteiger partial charge in [0.05, 0.1) is 10.2 Å². The van der Waals surface area contributed by atoms with E-state index in [-0.39, 0.29) is 12.1 Å². The number of nitrogens with one attached hydrogen (secondary N) is 1. The van der Waals surface area contributed by atoms with E-state index in [1.54, 1.807) is 28.1 Å². The topological polar surface area (TPSA) is 57.1 Å². The number of benzene rings is 1. The first kappa shape index (κ1) is 17.3. The summed E-state index contributed by atoms with van der Waals surface area (Å²) >= 11 is 3.24. The van der Waals surface area contributed by atoms with Gasteiger partial charge in [-0.05, 0) is 36.4 Å². The number of amidine groups is 1. The molecule has 0 fully saturated rings. The van der Waals surface area contributed by atoms with E-state index < -0.39 is 0 Å². The van der Waals surface area contributed by atoms with Crippen LogP contribution in [-0.4, -0.2) is 21.8 Å². The average Bonchev–Trinajstić information content (AvgIpc) is 3.07. The number of nitrogens with zero attached hydrogens (tertiary/aromatic N) is 3. The van der Waals surface area contributed by atoms with Crippen molar-refractivity contribution in [3.8, 4) is 0 Å². The lowest BCUT2D eigenvalue weighted by molar-refractivity contribution is -0.116. The van der Waals surface area contributed by atoms with Crippen LogP contribution >= 0.6 is 23.1 Å². The van der Waals surface area contributed by atoms with E-state index in [2.05, 4.69) is 30.6 Å². The molecule has 2 aliphatic heterocycles. The summed E-state index contributed by atoms with van der Waals surface area (Å²) in [4.78, 5) is 18.9. The van der Waals surface area contributed by atoms with Gasteiger partial charge in [-0.25, -0.2) is 5.01 Å². The van der Waals surface area contributed by atoms with Gasteiger partial charge in [-0.2, -0.15) is 0 Å². The molecule has 7 heteroatoms. The lowest BCUT2D eigenvalue weighted by Gasteiger charge is -2.33. The first-order chi connectivity index (χ1) is 12.7. The van der Waals surface area contributed by atoms with Crippen molar-refractivity contribution in [1.29, 1.82) is 0 Å². The van der Waals surface area contributed by atoms with Crippen molar-refractivity contribution < 1.29 is 4.79 Å². The third-order valence-electron chi connectivity index (χ3n) is 4.39. The SMILES string of the molecule is CCCCSC1=NN2C(=c3ccccc3=N[C@H]2c2sccc2C)C(=O)N1. The number of fused-ring (bicyclic) bond motifs is 2. The van der Waals surface area contributed by atoms with Crippen LogP contribution in [0.5, 0.6) is 0 Å². The second kappa shape index (κ2) is 7.25. The molecule has 0 saturated heterocycles. The third kappa shape index (κ3) is 3.05. The Kier molecular flexibility index (Phi) is 4.82. The second-order valence-corrected chi connectivity index (χ2v) is 8.27. The number of thiophene rings is 1. The third-order valence-corrected chi connectivity index (χ3v) is 6.40. The number of thioether (sulfide) groups is 1. The van der Waals surface area contributed by atoms with Gasteiger partial charge in [0, 0.05) is 11.0 Å². The van der Waals surface area contributed by atoms with Crippen molar-refractivity contribution in [2.24, 2.45) is 10.1 Å². The van der Waals surface area contributed by atoms with E-state index in [0.29, 0.717) is 10.9 Å². The largest absolute Gasteiger partial charge is 0.298 e. The van der Waals surface area contributed by atoms with E-state index in [4.69, 9.17) is 10.1 Å². The Morgan fingerprint density at radius 3 is 2.92 bits per heavy atom. The van der Waals surface area contributed by atoms with E-state index in [1.165, 1.54) is 5.56 Å². The normalized spacial score (nSPS) is 18.6. The highest BCUT2D eigenvalue weighted by Gasteiger charge is 2.35. The van der Waals surface area contributed by atoms with Crippen LogP contribution in [0.3, 0.4) is 0 Å². The molecule has 1 atom stereocenters. The minimum Gasteiger partial charge on any atom is -0.298 e. The fraction of sp³-hybridized carbons (Fsp3) is 0.316. The first-order valence-corrected chi connectivity index (χ1v) is 10.6. The predicted octanol–water partition coefficient (Wildman–Crippen LogP) is 2.73. The van der Waals surface area contributed by atoms with Crippen LogP contribution in [0, 0.1) is 6.92 Å². The highest BCUT2D eigenvalue weighted by atomic mass is 32.2. The molecule has 1 amide bonds. The number of rotatable bonds is 4. The van der Waals surface area contributed by atoms with Gasteiger partial charge in [0.2, 0.25) is 0 Å². The van der Waals surface area contributed by atoms with Crippen molar-refractivity contribution in [2.45, 2.75) is 32.9 Å². The number of unbranched alkanes of at least 4 members (excludes halogenated alkanes) is 1. The molecule has 26 heavy (non-hydrogen) atoms. The maximum Gasteiger partial charge on any atom is 0.276 e. The van der Waals surface area contributed by atoms with Gasteiger partial charge in [0.1, 0.15) is 5.70 Å². The van der Waals surface area contributed by atoms with Crippen LogP contribution in [0.15, 0.2) is 45.8 Å². The second-order valence-electron chi connectivity index (χ2n) is 6.24. The van der Waals surface area contributed by atoms with Crippen LogP contribution in [0.4, 0.5) is 0 Å². The molecule has 0 aliphatic carbocycles. The first-order valence-electron chi connectivity index (χ1n) is 8.72. The quantitative estimate of drug-likeness (QED) is 0.825. The van der Waals surface area contributed by atoms with Crippen LogP contribution in [0.1, 0.15) is 36.4 Å². The van der Waals surface area contributed by atoms with Crippen LogP contribution in [-0.2, 0) is 4.79 Å². The number of aryl methyl sites for hydroxylation is 1.